The minimum atomic E-state index is -1.01. The van der Waals surface area contributed by atoms with Gasteiger partial charge in [-0.05, 0) is 36.8 Å². The minimum Gasteiger partial charge on any atom is -0.324 e. The Morgan fingerprint density at radius 2 is 1.96 bits per heavy atom. The van der Waals surface area contributed by atoms with E-state index in [2.05, 4.69) is 10.3 Å². The van der Waals surface area contributed by atoms with Crippen LogP contribution in [0.5, 0.6) is 0 Å². The number of carbonyl (C=O) groups is 1. The molecule has 3 rings (SSSR count). The van der Waals surface area contributed by atoms with Crippen LogP contribution in [0.4, 0.5) is 10.1 Å². The molecule has 1 heterocycles. The fourth-order valence-corrected chi connectivity index (χ4v) is 2.74. The van der Waals surface area contributed by atoms with Crippen LogP contribution in [0, 0.1) is 5.82 Å². The van der Waals surface area contributed by atoms with E-state index >= 15 is 0 Å². The number of carbonyl (C=O) groups excluding carboxylic acids is 1. The van der Waals surface area contributed by atoms with E-state index in [0.717, 1.165) is 10.6 Å². The van der Waals surface area contributed by atoms with Crippen molar-refractivity contribution in [2.75, 3.05) is 5.32 Å². The number of nitrogens with one attached hydrogen (secondary N) is 2. The molecule has 1 atom stereocenters. The summed E-state index contributed by atoms with van der Waals surface area (Å²) in [6.45, 7) is 1.69. The highest BCUT2D eigenvalue weighted by molar-refractivity contribution is 5.93. The van der Waals surface area contributed by atoms with Crippen molar-refractivity contribution >= 4 is 22.5 Å². The van der Waals surface area contributed by atoms with Crippen LogP contribution >= 0.6 is 0 Å². The lowest BCUT2D eigenvalue weighted by Crippen LogP contribution is -2.42. The number of rotatable bonds is 4. The molecule has 0 aliphatic heterocycles. The topological polar surface area (TPSA) is 84.0 Å². The number of fused-ring (bicyclic) bond motifs is 1. The molecule has 0 fully saturated rings. The molecule has 0 saturated heterocycles. The van der Waals surface area contributed by atoms with Crippen molar-refractivity contribution in [3.05, 3.63) is 75.2 Å². The lowest BCUT2D eigenvalue weighted by Gasteiger charge is -2.17. The summed E-state index contributed by atoms with van der Waals surface area (Å²) in [6, 6.07) is 11.0. The Hall–Kier alpha value is -3.22. The van der Waals surface area contributed by atoms with Gasteiger partial charge in [0.05, 0.1) is 10.9 Å². The molecule has 6 nitrogen and oxygen atoms in total. The van der Waals surface area contributed by atoms with Gasteiger partial charge in [-0.1, -0.05) is 25.1 Å². The van der Waals surface area contributed by atoms with Gasteiger partial charge in [0.15, 0.2) is 0 Å². The van der Waals surface area contributed by atoms with Crippen molar-refractivity contribution in [2.24, 2.45) is 0 Å². The Bertz CT molecular complexity index is 1060. The van der Waals surface area contributed by atoms with Gasteiger partial charge in [0, 0.05) is 5.69 Å². The summed E-state index contributed by atoms with van der Waals surface area (Å²) in [5, 5.41) is 2.86. The number of amides is 1. The summed E-state index contributed by atoms with van der Waals surface area (Å²) in [6.07, 6.45) is 0.225. The molecule has 1 amide bonds. The number of benzene rings is 2. The van der Waals surface area contributed by atoms with Gasteiger partial charge >= 0.3 is 5.69 Å². The zero-order valence-electron chi connectivity index (χ0n) is 13.5. The molecule has 0 spiro atoms. The molecular weight excluding hydrogens is 325 g/mol. The van der Waals surface area contributed by atoms with Crippen molar-refractivity contribution in [2.45, 2.75) is 19.4 Å². The van der Waals surface area contributed by atoms with Crippen molar-refractivity contribution < 1.29 is 9.18 Å². The van der Waals surface area contributed by atoms with Gasteiger partial charge in [-0.15, -0.1) is 0 Å². The number of hydrogen-bond donors (Lipinski definition) is 2. The minimum absolute atomic E-state index is 0.225. The molecule has 3 aromatic rings. The number of aromatic amines is 1. The molecule has 1 aromatic heterocycles. The van der Waals surface area contributed by atoms with Crippen LogP contribution in [-0.4, -0.2) is 15.5 Å². The molecule has 1 unspecified atom stereocenters. The third-order valence-electron chi connectivity index (χ3n) is 3.93. The Morgan fingerprint density at radius 1 is 1.20 bits per heavy atom. The molecule has 0 aliphatic rings. The second-order valence-corrected chi connectivity index (χ2v) is 5.57. The summed E-state index contributed by atoms with van der Waals surface area (Å²) in [5.74, 6) is -1.05. The van der Waals surface area contributed by atoms with E-state index in [4.69, 9.17) is 0 Å². The van der Waals surface area contributed by atoms with Crippen LogP contribution in [-0.2, 0) is 4.79 Å². The highest BCUT2D eigenvalue weighted by Gasteiger charge is 2.23. The maximum absolute atomic E-state index is 13.3. The standard InChI is InChI=1S/C18H16FN3O3/c1-2-15(16(23)20-12-7-5-6-11(19)10-12)22-17(24)13-8-3-4-9-14(13)21-18(22)25/h3-10,15H,2H2,1H3,(H,20,23)(H,21,25). The van der Waals surface area contributed by atoms with Crippen molar-refractivity contribution in [1.82, 2.24) is 9.55 Å². The molecule has 0 saturated carbocycles. The van der Waals surface area contributed by atoms with Crippen LogP contribution < -0.4 is 16.6 Å². The molecule has 0 aliphatic carbocycles. The number of halogens is 1. The highest BCUT2D eigenvalue weighted by Crippen LogP contribution is 2.15. The summed E-state index contributed by atoms with van der Waals surface area (Å²) in [5.41, 5.74) is -0.534. The first kappa shape index (κ1) is 16.6. The summed E-state index contributed by atoms with van der Waals surface area (Å²) >= 11 is 0. The fraction of sp³-hybridized carbons (Fsp3) is 0.167. The van der Waals surface area contributed by atoms with Gasteiger partial charge in [0.1, 0.15) is 11.9 Å². The van der Waals surface area contributed by atoms with E-state index in [1.54, 1.807) is 31.2 Å². The summed E-state index contributed by atoms with van der Waals surface area (Å²) in [7, 11) is 0. The fourth-order valence-electron chi connectivity index (χ4n) is 2.74. The highest BCUT2D eigenvalue weighted by atomic mass is 19.1. The molecule has 2 aromatic carbocycles. The van der Waals surface area contributed by atoms with Crippen molar-refractivity contribution in [3.63, 3.8) is 0 Å². The number of H-pyrrole nitrogens is 1. The van der Waals surface area contributed by atoms with Gasteiger partial charge in [0.2, 0.25) is 5.91 Å². The number of hydrogen-bond acceptors (Lipinski definition) is 3. The Labute approximate surface area is 141 Å². The lowest BCUT2D eigenvalue weighted by molar-refractivity contribution is -0.119. The number of nitrogens with zero attached hydrogens (tertiary/aromatic N) is 1. The van der Waals surface area contributed by atoms with Gasteiger partial charge in [-0.2, -0.15) is 0 Å². The Balaban J connectivity index is 2.03. The molecule has 2 N–H and O–H groups in total. The van der Waals surface area contributed by atoms with Crippen LogP contribution in [0.15, 0.2) is 58.1 Å². The van der Waals surface area contributed by atoms with Gasteiger partial charge in [-0.25, -0.2) is 13.8 Å². The third-order valence-corrected chi connectivity index (χ3v) is 3.93. The zero-order valence-corrected chi connectivity index (χ0v) is 13.5. The first-order chi connectivity index (χ1) is 12.0. The molecule has 25 heavy (non-hydrogen) atoms. The van der Waals surface area contributed by atoms with E-state index in [1.165, 1.54) is 18.2 Å². The number of anilines is 1. The van der Waals surface area contributed by atoms with Crippen LogP contribution in [0.25, 0.3) is 10.9 Å². The van der Waals surface area contributed by atoms with Crippen molar-refractivity contribution in [1.29, 1.82) is 0 Å². The molecule has 0 bridgehead atoms. The van der Waals surface area contributed by atoms with E-state index in [9.17, 15) is 18.8 Å². The summed E-state index contributed by atoms with van der Waals surface area (Å²) < 4.78 is 14.2. The van der Waals surface area contributed by atoms with E-state index in [1.807, 2.05) is 0 Å². The van der Waals surface area contributed by atoms with Crippen LogP contribution in [0.2, 0.25) is 0 Å². The molecule has 7 heteroatoms. The SMILES string of the molecule is CCC(C(=O)Nc1cccc(F)c1)n1c(=O)[nH]c2ccccc2c1=O. The van der Waals surface area contributed by atoms with E-state index in [-0.39, 0.29) is 12.1 Å². The Kier molecular flexibility index (Phi) is 4.47. The van der Waals surface area contributed by atoms with Crippen molar-refractivity contribution in [3.8, 4) is 0 Å². The zero-order chi connectivity index (χ0) is 18.0. The number of para-hydroxylation sites is 1. The smallest absolute Gasteiger partial charge is 0.324 e. The average molecular weight is 341 g/mol. The Morgan fingerprint density at radius 3 is 2.68 bits per heavy atom. The lowest BCUT2D eigenvalue weighted by atomic mass is 10.1. The monoisotopic (exact) mass is 341 g/mol. The van der Waals surface area contributed by atoms with E-state index < -0.39 is 29.0 Å². The quantitative estimate of drug-likeness (QED) is 0.764. The van der Waals surface area contributed by atoms with Crippen LogP contribution in [0.1, 0.15) is 19.4 Å². The van der Waals surface area contributed by atoms with E-state index in [0.29, 0.717) is 10.9 Å². The predicted molar refractivity (Wildman–Crippen MR) is 93.2 cm³/mol. The first-order valence-corrected chi connectivity index (χ1v) is 7.81. The second-order valence-electron chi connectivity index (χ2n) is 5.57. The number of aromatic nitrogens is 2. The average Bonchev–Trinajstić information content (AvgIpc) is 2.58. The maximum atomic E-state index is 13.3. The van der Waals surface area contributed by atoms with Crippen LogP contribution in [0.3, 0.4) is 0 Å². The first-order valence-electron chi connectivity index (χ1n) is 7.81. The normalized spacial score (nSPS) is 12.1. The molecular formula is C18H16FN3O3. The van der Waals surface area contributed by atoms with Gasteiger partial charge in [-0.3, -0.25) is 9.59 Å². The maximum Gasteiger partial charge on any atom is 0.329 e. The predicted octanol–water partition coefficient (Wildman–Crippen LogP) is 2.42. The van der Waals surface area contributed by atoms with Gasteiger partial charge in [0.25, 0.3) is 5.56 Å². The molecule has 128 valence electrons. The van der Waals surface area contributed by atoms with Gasteiger partial charge < -0.3 is 10.3 Å². The largest absolute Gasteiger partial charge is 0.329 e. The summed E-state index contributed by atoms with van der Waals surface area (Å²) in [4.78, 5) is 40.2. The second kappa shape index (κ2) is 6.72. The molecule has 0 radical (unpaired) electrons. The third kappa shape index (κ3) is 3.21.